The van der Waals surface area contributed by atoms with E-state index in [1.54, 1.807) is 24.3 Å². The number of sulfonamides is 1. The molecule has 0 saturated carbocycles. The Hall–Kier alpha value is -1.48. The van der Waals surface area contributed by atoms with Gasteiger partial charge in [-0.15, -0.1) is 0 Å². The highest BCUT2D eigenvalue weighted by Gasteiger charge is 2.17. The van der Waals surface area contributed by atoms with Crippen molar-refractivity contribution >= 4 is 38.3 Å². The Kier molecular flexibility index (Phi) is 4.94. The van der Waals surface area contributed by atoms with Gasteiger partial charge in [0.2, 0.25) is 0 Å². The van der Waals surface area contributed by atoms with E-state index in [0.717, 1.165) is 3.57 Å². The van der Waals surface area contributed by atoms with Crippen molar-refractivity contribution in [2.45, 2.75) is 4.90 Å². The first kappa shape index (κ1) is 15.9. The van der Waals surface area contributed by atoms with E-state index in [4.69, 9.17) is 9.47 Å². The van der Waals surface area contributed by atoms with Crippen LogP contribution in [0.5, 0.6) is 11.5 Å². The van der Waals surface area contributed by atoms with Gasteiger partial charge in [-0.05, 0) is 52.9 Å². The minimum Gasteiger partial charge on any atom is -0.493 e. The molecule has 0 bridgehead atoms. The van der Waals surface area contributed by atoms with Gasteiger partial charge in [-0.1, -0.05) is 6.07 Å². The average molecular weight is 419 g/mol. The second kappa shape index (κ2) is 6.52. The number of benzene rings is 2. The number of halogens is 1. The van der Waals surface area contributed by atoms with Gasteiger partial charge in [0.05, 0.1) is 19.1 Å². The van der Waals surface area contributed by atoms with E-state index in [-0.39, 0.29) is 4.90 Å². The molecule has 7 heteroatoms. The number of methoxy groups -OCH3 is 2. The van der Waals surface area contributed by atoms with Crippen molar-refractivity contribution in [3.63, 3.8) is 0 Å². The van der Waals surface area contributed by atoms with Crippen LogP contribution < -0.4 is 14.2 Å². The van der Waals surface area contributed by atoms with Crippen molar-refractivity contribution in [3.8, 4) is 11.5 Å². The Labute approximate surface area is 137 Å². The Morgan fingerprint density at radius 2 is 1.71 bits per heavy atom. The smallest absolute Gasteiger partial charge is 0.262 e. The van der Waals surface area contributed by atoms with Gasteiger partial charge >= 0.3 is 0 Å². The quantitative estimate of drug-likeness (QED) is 0.757. The molecule has 2 aromatic carbocycles. The van der Waals surface area contributed by atoms with Gasteiger partial charge in [0.1, 0.15) is 0 Å². The van der Waals surface area contributed by atoms with Crippen LogP contribution in [-0.4, -0.2) is 22.6 Å². The Balaban J connectivity index is 2.35. The topological polar surface area (TPSA) is 64.6 Å². The third-order valence-electron chi connectivity index (χ3n) is 2.74. The lowest BCUT2D eigenvalue weighted by molar-refractivity contribution is 0.354. The molecule has 2 aromatic rings. The molecule has 0 aliphatic rings. The van der Waals surface area contributed by atoms with E-state index in [1.165, 1.54) is 26.4 Å². The average Bonchev–Trinajstić information content (AvgIpc) is 2.46. The summed E-state index contributed by atoms with van der Waals surface area (Å²) in [7, 11) is -0.721. The number of nitrogens with one attached hydrogen (secondary N) is 1. The Morgan fingerprint density at radius 1 is 1.00 bits per heavy atom. The zero-order chi connectivity index (χ0) is 15.5. The minimum absolute atomic E-state index is 0.110. The van der Waals surface area contributed by atoms with Gasteiger partial charge < -0.3 is 9.47 Å². The predicted molar refractivity (Wildman–Crippen MR) is 89.5 cm³/mol. The van der Waals surface area contributed by atoms with Gasteiger partial charge in [-0.2, -0.15) is 0 Å². The predicted octanol–water partition coefficient (Wildman–Crippen LogP) is 3.11. The molecule has 0 aliphatic carbocycles. The van der Waals surface area contributed by atoms with E-state index in [2.05, 4.69) is 27.3 Å². The number of hydrogen-bond donors (Lipinski definition) is 1. The first-order valence-corrected chi connectivity index (χ1v) is 8.53. The van der Waals surface area contributed by atoms with Gasteiger partial charge in [-0.3, -0.25) is 4.72 Å². The van der Waals surface area contributed by atoms with Crippen LogP contribution in [0, 0.1) is 3.57 Å². The summed E-state index contributed by atoms with van der Waals surface area (Å²) in [6.45, 7) is 0. The summed E-state index contributed by atoms with van der Waals surface area (Å²) in [6.07, 6.45) is 0. The molecule has 0 amide bonds. The van der Waals surface area contributed by atoms with Crippen LogP contribution in [-0.2, 0) is 10.0 Å². The van der Waals surface area contributed by atoms with Crippen molar-refractivity contribution in [3.05, 3.63) is 46.0 Å². The van der Waals surface area contributed by atoms with Crippen molar-refractivity contribution < 1.29 is 17.9 Å². The lowest BCUT2D eigenvalue weighted by Crippen LogP contribution is -2.13. The van der Waals surface area contributed by atoms with E-state index in [9.17, 15) is 8.42 Å². The summed E-state index contributed by atoms with van der Waals surface area (Å²) >= 11 is 2.12. The zero-order valence-corrected chi connectivity index (χ0v) is 14.4. The van der Waals surface area contributed by atoms with Gasteiger partial charge in [0.15, 0.2) is 11.5 Å². The molecule has 2 rings (SSSR count). The monoisotopic (exact) mass is 419 g/mol. The molecular weight excluding hydrogens is 405 g/mol. The Morgan fingerprint density at radius 3 is 2.33 bits per heavy atom. The number of rotatable bonds is 5. The molecule has 0 heterocycles. The summed E-state index contributed by atoms with van der Waals surface area (Å²) in [6, 6.07) is 11.6. The molecule has 0 radical (unpaired) electrons. The lowest BCUT2D eigenvalue weighted by Gasteiger charge is -2.11. The molecule has 0 spiro atoms. The lowest BCUT2D eigenvalue weighted by atomic mass is 10.3. The van der Waals surface area contributed by atoms with Crippen LogP contribution >= 0.6 is 22.6 Å². The van der Waals surface area contributed by atoms with E-state index in [0.29, 0.717) is 17.2 Å². The van der Waals surface area contributed by atoms with Crippen LogP contribution in [0.4, 0.5) is 5.69 Å². The van der Waals surface area contributed by atoms with Crippen molar-refractivity contribution in [2.24, 2.45) is 0 Å². The van der Waals surface area contributed by atoms with E-state index >= 15 is 0 Å². The summed E-state index contributed by atoms with van der Waals surface area (Å²) in [4.78, 5) is 0.110. The highest BCUT2D eigenvalue weighted by molar-refractivity contribution is 14.1. The van der Waals surface area contributed by atoms with Crippen LogP contribution in [0.15, 0.2) is 47.4 Å². The van der Waals surface area contributed by atoms with Crippen molar-refractivity contribution in [2.75, 3.05) is 18.9 Å². The molecule has 0 fully saturated rings. The second-order valence-electron chi connectivity index (χ2n) is 4.13. The SMILES string of the molecule is COc1ccc(S(=O)(=O)Nc2cccc(I)c2)cc1OC. The standard InChI is InChI=1S/C14H14INO4S/c1-19-13-7-6-12(9-14(13)20-2)21(17,18)16-11-5-3-4-10(15)8-11/h3-9,16H,1-2H3. The maximum absolute atomic E-state index is 12.4. The second-order valence-corrected chi connectivity index (χ2v) is 7.06. The molecule has 0 aromatic heterocycles. The van der Waals surface area contributed by atoms with Crippen LogP contribution in [0.25, 0.3) is 0 Å². The molecule has 0 atom stereocenters. The zero-order valence-electron chi connectivity index (χ0n) is 11.5. The third-order valence-corrected chi connectivity index (χ3v) is 4.79. The number of ether oxygens (including phenoxy) is 2. The number of hydrogen-bond acceptors (Lipinski definition) is 4. The van der Waals surface area contributed by atoms with E-state index in [1.807, 2.05) is 6.07 Å². The van der Waals surface area contributed by atoms with Gasteiger partial charge in [0.25, 0.3) is 10.0 Å². The van der Waals surface area contributed by atoms with E-state index < -0.39 is 10.0 Å². The van der Waals surface area contributed by atoms with Crippen molar-refractivity contribution in [1.29, 1.82) is 0 Å². The van der Waals surface area contributed by atoms with Crippen LogP contribution in [0.1, 0.15) is 0 Å². The fraction of sp³-hybridized carbons (Fsp3) is 0.143. The van der Waals surface area contributed by atoms with Gasteiger partial charge in [0, 0.05) is 15.3 Å². The summed E-state index contributed by atoms with van der Waals surface area (Å²) in [5.41, 5.74) is 0.511. The van der Waals surface area contributed by atoms with Crippen LogP contribution in [0.2, 0.25) is 0 Å². The van der Waals surface area contributed by atoms with Crippen LogP contribution in [0.3, 0.4) is 0 Å². The Bertz CT molecular complexity index is 746. The summed E-state index contributed by atoms with van der Waals surface area (Å²) < 4.78 is 38.4. The fourth-order valence-corrected chi connectivity index (χ4v) is 3.36. The van der Waals surface area contributed by atoms with Gasteiger partial charge in [-0.25, -0.2) is 8.42 Å². The highest BCUT2D eigenvalue weighted by atomic mass is 127. The van der Waals surface area contributed by atoms with Crippen molar-refractivity contribution in [1.82, 2.24) is 0 Å². The molecule has 5 nitrogen and oxygen atoms in total. The molecule has 0 saturated heterocycles. The first-order valence-electron chi connectivity index (χ1n) is 5.96. The molecular formula is C14H14INO4S. The number of anilines is 1. The maximum Gasteiger partial charge on any atom is 0.262 e. The minimum atomic E-state index is -3.68. The largest absolute Gasteiger partial charge is 0.493 e. The normalized spacial score (nSPS) is 11.0. The maximum atomic E-state index is 12.4. The third kappa shape index (κ3) is 3.79. The summed E-state index contributed by atoms with van der Waals surface area (Å²) in [5, 5.41) is 0. The summed E-state index contributed by atoms with van der Waals surface area (Å²) in [5.74, 6) is 0.841. The first-order chi connectivity index (χ1) is 9.96. The molecule has 21 heavy (non-hydrogen) atoms. The molecule has 112 valence electrons. The molecule has 0 unspecified atom stereocenters. The molecule has 1 N–H and O–H groups in total. The molecule has 0 aliphatic heterocycles. The highest BCUT2D eigenvalue weighted by Crippen LogP contribution is 2.30. The fourth-order valence-electron chi connectivity index (χ4n) is 1.75.